The molecule has 1 aliphatic heterocycles. The van der Waals surface area contributed by atoms with Crippen molar-refractivity contribution in [3.05, 3.63) is 29.8 Å². The molecular weight excluding hydrogens is 304 g/mol. The molecule has 0 spiro atoms. The fourth-order valence-electron chi connectivity index (χ4n) is 3.39. The van der Waals surface area contributed by atoms with Crippen LogP contribution in [0.15, 0.2) is 18.6 Å². The Kier molecular flexibility index (Phi) is 4.34. The average Bonchev–Trinajstić information content (AvgIpc) is 3.36. The van der Waals surface area contributed by atoms with E-state index in [0.717, 1.165) is 44.2 Å². The van der Waals surface area contributed by atoms with E-state index < -0.39 is 0 Å². The van der Waals surface area contributed by atoms with Crippen LogP contribution in [-0.4, -0.2) is 51.3 Å². The molecule has 0 aromatic carbocycles. The number of aromatic nitrogens is 4. The fourth-order valence-corrected chi connectivity index (χ4v) is 3.39. The van der Waals surface area contributed by atoms with Crippen molar-refractivity contribution in [2.24, 2.45) is 0 Å². The number of ether oxygens (including phenoxy) is 1. The van der Waals surface area contributed by atoms with Crippen molar-refractivity contribution in [3.63, 3.8) is 0 Å². The molecule has 2 aromatic rings. The first-order valence-corrected chi connectivity index (χ1v) is 8.69. The van der Waals surface area contributed by atoms with Crippen molar-refractivity contribution in [2.45, 2.75) is 44.2 Å². The first-order chi connectivity index (χ1) is 11.8. The van der Waals surface area contributed by atoms with Crippen LogP contribution < -0.4 is 10.1 Å². The molecule has 1 saturated heterocycles. The van der Waals surface area contributed by atoms with Crippen LogP contribution in [0, 0.1) is 0 Å². The number of piperidine rings is 1. The van der Waals surface area contributed by atoms with Crippen molar-refractivity contribution in [1.29, 1.82) is 0 Å². The van der Waals surface area contributed by atoms with Crippen LogP contribution in [0.3, 0.4) is 0 Å². The van der Waals surface area contributed by atoms with Gasteiger partial charge in [0.25, 0.3) is 0 Å². The van der Waals surface area contributed by atoms with Crippen molar-refractivity contribution in [2.75, 3.05) is 25.5 Å². The third-order valence-corrected chi connectivity index (χ3v) is 4.92. The molecule has 0 unspecified atom stereocenters. The van der Waals surface area contributed by atoms with Gasteiger partial charge in [0.1, 0.15) is 12.1 Å². The Balaban J connectivity index is 1.29. The van der Waals surface area contributed by atoms with Crippen LogP contribution in [-0.2, 0) is 6.54 Å². The van der Waals surface area contributed by atoms with Crippen LogP contribution in [0.25, 0.3) is 0 Å². The zero-order chi connectivity index (χ0) is 16.4. The number of methoxy groups -OCH3 is 1. The number of anilines is 1. The zero-order valence-electron chi connectivity index (χ0n) is 14.0. The summed E-state index contributed by atoms with van der Waals surface area (Å²) in [5.74, 6) is 2.16. The number of aromatic amines is 1. The van der Waals surface area contributed by atoms with E-state index >= 15 is 0 Å². The molecule has 0 bridgehead atoms. The molecule has 7 heteroatoms. The smallest absolute Gasteiger partial charge is 0.218 e. The van der Waals surface area contributed by atoms with Crippen LogP contribution in [0.1, 0.15) is 42.9 Å². The maximum atomic E-state index is 5.15. The van der Waals surface area contributed by atoms with Gasteiger partial charge in [-0.05, 0) is 25.7 Å². The van der Waals surface area contributed by atoms with Gasteiger partial charge in [-0.25, -0.2) is 9.97 Å². The number of nitrogens with zero attached hydrogens (tertiary/aromatic N) is 4. The van der Waals surface area contributed by atoms with E-state index in [1.54, 1.807) is 7.11 Å². The lowest BCUT2D eigenvalue weighted by atomic mass is 10.0. The lowest BCUT2D eigenvalue weighted by molar-refractivity contribution is 0.210. The van der Waals surface area contributed by atoms with Crippen molar-refractivity contribution in [3.8, 4) is 5.88 Å². The molecule has 7 nitrogen and oxygen atoms in total. The molecule has 2 N–H and O–H groups in total. The topological polar surface area (TPSA) is 79.0 Å². The second-order valence-corrected chi connectivity index (χ2v) is 6.72. The molecule has 0 radical (unpaired) electrons. The van der Waals surface area contributed by atoms with E-state index in [4.69, 9.17) is 4.74 Å². The Morgan fingerprint density at radius 2 is 2.08 bits per heavy atom. The minimum absolute atomic E-state index is 0.452. The first kappa shape index (κ1) is 15.4. The Bertz CT molecular complexity index is 675. The monoisotopic (exact) mass is 328 g/mol. The maximum Gasteiger partial charge on any atom is 0.218 e. The molecule has 1 saturated carbocycles. The Morgan fingerprint density at radius 1 is 1.25 bits per heavy atom. The van der Waals surface area contributed by atoms with Crippen molar-refractivity contribution >= 4 is 5.82 Å². The summed E-state index contributed by atoms with van der Waals surface area (Å²) in [5.41, 5.74) is 2.74. The van der Waals surface area contributed by atoms with Gasteiger partial charge in [-0.15, -0.1) is 0 Å². The van der Waals surface area contributed by atoms with Gasteiger partial charge in [-0.1, -0.05) is 0 Å². The Morgan fingerprint density at radius 3 is 2.83 bits per heavy atom. The van der Waals surface area contributed by atoms with E-state index in [2.05, 4.69) is 30.4 Å². The van der Waals surface area contributed by atoms with Crippen LogP contribution in [0.5, 0.6) is 5.88 Å². The summed E-state index contributed by atoms with van der Waals surface area (Å²) in [6.07, 6.45) is 8.39. The predicted molar refractivity (Wildman–Crippen MR) is 91.1 cm³/mol. The highest BCUT2D eigenvalue weighted by Gasteiger charge is 2.29. The summed E-state index contributed by atoms with van der Waals surface area (Å²) in [6.45, 7) is 3.20. The number of likely N-dealkylation sites (tertiary alicyclic amines) is 1. The third-order valence-electron chi connectivity index (χ3n) is 4.92. The molecule has 3 heterocycles. The molecule has 1 aliphatic carbocycles. The fraction of sp³-hybridized carbons (Fsp3) is 0.588. The van der Waals surface area contributed by atoms with Crippen LogP contribution in [0.4, 0.5) is 5.82 Å². The van der Waals surface area contributed by atoms with E-state index in [1.165, 1.54) is 30.4 Å². The van der Waals surface area contributed by atoms with Gasteiger partial charge in [0.2, 0.25) is 5.88 Å². The molecule has 2 aromatic heterocycles. The van der Waals surface area contributed by atoms with Crippen LogP contribution in [0.2, 0.25) is 0 Å². The van der Waals surface area contributed by atoms with Crippen LogP contribution >= 0.6 is 0 Å². The number of H-pyrrole nitrogens is 1. The Hall–Kier alpha value is -2.15. The maximum absolute atomic E-state index is 5.15. The highest BCUT2D eigenvalue weighted by molar-refractivity contribution is 5.38. The highest BCUT2D eigenvalue weighted by atomic mass is 16.5. The van der Waals surface area contributed by atoms with E-state index in [9.17, 15) is 0 Å². The molecule has 24 heavy (non-hydrogen) atoms. The summed E-state index contributed by atoms with van der Waals surface area (Å²) >= 11 is 0. The number of rotatable bonds is 6. The summed E-state index contributed by atoms with van der Waals surface area (Å²) in [7, 11) is 1.62. The van der Waals surface area contributed by atoms with Gasteiger partial charge >= 0.3 is 0 Å². The number of hydrogen-bond acceptors (Lipinski definition) is 6. The van der Waals surface area contributed by atoms with E-state index in [-0.39, 0.29) is 0 Å². The summed E-state index contributed by atoms with van der Waals surface area (Å²) in [6, 6.07) is 2.30. The Labute approximate surface area is 141 Å². The lowest BCUT2D eigenvalue weighted by Crippen LogP contribution is -2.38. The van der Waals surface area contributed by atoms with Crippen molar-refractivity contribution < 1.29 is 4.74 Å². The van der Waals surface area contributed by atoms with Crippen molar-refractivity contribution in [1.82, 2.24) is 25.1 Å². The molecule has 128 valence electrons. The van der Waals surface area contributed by atoms with Gasteiger partial charge < -0.3 is 10.1 Å². The highest BCUT2D eigenvalue weighted by Crippen LogP contribution is 2.40. The van der Waals surface area contributed by atoms with Gasteiger partial charge in [-0.2, -0.15) is 5.10 Å². The van der Waals surface area contributed by atoms with Gasteiger partial charge in [-0.3, -0.25) is 10.00 Å². The van der Waals surface area contributed by atoms with E-state index in [1.807, 2.05) is 12.3 Å². The molecule has 0 atom stereocenters. The molecule has 2 fully saturated rings. The minimum Gasteiger partial charge on any atom is -0.481 e. The average molecular weight is 328 g/mol. The summed E-state index contributed by atoms with van der Waals surface area (Å²) < 4.78 is 5.15. The molecular formula is C17H24N6O. The summed E-state index contributed by atoms with van der Waals surface area (Å²) in [4.78, 5) is 10.8. The zero-order valence-corrected chi connectivity index (χ0v) is 14.0. The summed E-state index contributed by atoms with van der Waals surface area (Å²) in [5, 5.41) is 10.9. The third kappa shape index (κ3) is 3.51. The van der Waals surface area contributed by atoms with Gasteiger partial charge in [0.05, 0.1) is 13.3 Å². The normalized spacial score (nSPS) is 19.4. The molecule has 2 aliphatic rings. The van der Waals surface area contributed by atoms with Gasteiger partial charge in [0.15, 0.2) is 0 Å². The first-order valence-electron chi connectivity index (χ1n) is 8.69. The predicted octanol–water partition coefficient (Wildman–Crippen LogP) is 2.16. The number of nitrogens with one attached hydrogen (secondary N) is 2. The lowest BCUT2D eigenvalue weighted by Gasteiger charge is -2.32. The SMILES string of the molecule is COc1cc(NC2CCN(Cc3cn[nH]c3C3CC3)CC2)ncn1. The number of hydrogen-bond donors (Lipinski definition) is 2. The molecule has 0 amide bonds. The van der Waals surface area contributed by atoms with Gasteiger partial charge in [0, 0.05) is 48.9 Å². The standard InChI is InChI=1S/C17H24N6O/c1-24-16-8-15(18-11-19-16)21-14-4-6-23(7-5-14)10-13-9-20-22-17(13)12-2-3-12/h8-9,11-12,14H,2-7,10H2,1H3,(H,20,22)(H,18,19,21). The second-order valence-electron chi connectivity index (χ2n) is 6.72. The minimum atomic E-state index is 0.452. The second kappa shape index (κ2) is 6.76. The largest absolute Gasteiger partial charge is 0.481 e. The quantitative estimate of drug-likeness (QED) is 0.846. The van der Waals surface area contributed by atoms with E-state index in [0.29, 0.717) is 11.9 Å². The molecule has 4 rings (SSSR count).